The van der Waals surface area contributed by atoms with Gasteiger partial charge in [0.05, 0.1) is 6.61 Å². The van der Waals surface area contributed by atoms with Crippen molar-refractivity contribution < 1.29 is 9.47 Å². The minimum Gasteiger partial charge on any atom is -0.477 e. The van der Waals surface area contributed by atoms with Crippen molar-refractivity contribution in [2.24, 2.45) is 0 Å². The van der Waals surface area contributed by atoms with Crippen molar-refractivity contribution in [2.45, 2.75) is 19.9 Å². The normalized spacial score (nSPS) is 10.5. The lowest BCUT2D eigenvalue weighted by molar-refractivity contribution is 0.170. The van der Waals surface area contributed by atoms with Crippen LogP contribution in [0, 0.1) is 0 Å². The Bertz CT molecular complexity index is 334. The summed E-state index contributed by atoms with van der Waals surface area (Å²) < 4.78 is 10.4. The lowest BCUT2D eigenvalue weighted by Crippen LogP contribution is -2.12. The molecule has 1 aromatic rings. The van der Waals surface area contributed by atoms with E-state index in [4.69, 9.17) is 21.1 Å². The van der Waals surface area contributed by atoms with Gasteiger partial charge in [0, 0.05) is 32.9 Å². The molecular formula is C12H19ClN2O2. The smallest absolute Gasteiger partial charge is 0.232 e. The van der Waals surface area contributed by atoms with Gasteiger partial charge < -0.3 is 14.8 Å². The summed E-state index contributed by atoms with van der Waals surface area (Å²) in [6.07, 6.45) is 2.61. The molecule has 0 unspecified atom stereocenters. The van der Waals surface area contributed by atoms with Gasteiger partial charge in [0.15, 0.2) is 0 Å². The van der Waals surface area contributed by atoms with Crippen LogP contribution in [0.5, 0.6) is 5.88 Å². The lowest BCUT2D eigenvalue weighted by Gasteiger charge is -2.08. The molecule has 0 spiro atoms. The standard InChI is InChI=1S/C12H19ClN2O2/c1-3-14-8-10-7-11(13)12(15-9-10)17-6-4-5-16-2/h7,9,14H,3-6,8H2,1-2H3. The van der Waals surface area contributed by atoms with Gasteiger partial charge in [0.25, 0.3) is 0 Å². The third kappa shape index (κ3) is 5.35. The van der Waals surface area contributed by atoms with Crippen LogP contribution in [0.3, 0.4) is 0 Å². The van der Waals surface area contributed by atoms with E-state index in [0.717, 1.165) is 25.1 Å². The monoisotopic (exact) mass is 258 g/mol. The van der Waals surface area contributed by atoms with Gasteiger partial charge in [0.1, 0.15) is 5.02 Å². The van der Waals surface area contributed by atoms with Gasteiger partial charge in [-0.3, -0.25) is 0 Å². The first-order chi connectivity index (χ1) is 8.27. The SMILES string of the molecule is CCNCc1cnc(OCCCOC)c(Cl)c1. The fraction of sp³-hybridized carbons (Fsp3) is 0.583. The number of pyridine rings is 1. The molecule has 0 aromatic carbocycles. The molecule has 1 rings (SSSR count). The quantitative estimate of drug-likeness (QED) is 0.727. The van der Waals surface area contributed by atoms with Crippen LogP contribution in [0.2, 0.25) is 5.02 Å². The number of methoxy groups -OCH3 is 1. The van der Waals surface area contributed by atoms with E-state index >= 15 is 0 Å². The fourth-order valence-corrected chi connectivity index (χ4v) is 1.55. The zero-order valence-electron chi connectivity index (χ0n) is 10.3. The Hall–Kier alpha value is -0.840. The number of ether oxygens (including phenoxy) is 2. The summed E-state index contributed by atoms with van der Waals surface area (Å²) in [7, 11) is 1.67. The van der Waals surface area contributed by atoms with Crippen molar-refractivity contribution in [1.82, 2.24) is 10.3 Å². The molecule has 1 aromatic heterocycles. The second kappa shape index (κ2) is 8.28. The predicted octanol–water partition coefficient (Wildman–Crippen LogP) is 2.26. The summed E-state index contributed by atoms with van der Waals surface area (Å²) in [4.78, 5) is 4.19. The fourth-order valence-electron chi connectivity index (χ4n) is 1.31. The van der Waals surface area contributed by atoms with Crippen LogP contribution in [-0.4, -0.2) is 31.9 Å². The van der Waals surface area contributed by atoms with Crippen molar-refractivity contribution in [3.63, 3.8) is 0 Å². The zero-order valence-corrected chi connectivity index (χ0v) is 11.1. The number of nitrogens with zero attached hydrogens (tertiary/aromatic N) is 1. The average Bonchev–Trinajstić information content (AvgIpc) is 2.34. The molecule has 0 saturated heterocycles. The van der Waals surface area contributed by atoms with Gasteiger partial charge >= 0.3 is 0 Å². The van der Waals surface area contributed by atoms with Crippen molar-refractivity contribution in [2.75, 3.05) is 26.9 Å². The number of aromatic nitrogens is 1. The highest BCUT2D eigenvalue weighted by Gasteiger charge is 2.04. The van der Waals surface area contributed by atoms with E-state index in [2.05, 4.69) is 17.2 Å². The molecule has 0 saturated carbocycles. The first-order valence-corrected chi connectivity index (χ1v) is 6.12. The summed E-state index contributed by atoms with van der Waals surface area (Å²) in [5.74, 6) is 0.489. The van der Waals surface area contributed by atoms with Gasteiger partial charge in [0.2, 0.25) is 5.88 Å². The topological polar surface area (TPSA) is 43.4 Å². The first kappa shape index (κ1) is 14.2. The molecule has 17 heavy (non-hydrogen) atoms. The third-order valence-corrected chi connectivity index (χ3v) is 2.45. The minimum atomic E-state index is 0.489. The van der Waals surface area contributed by atoms with Gasteiger partial charge in [-0.05, 0) is 18.2 Å². The Morgan fingerprint density at radius 2 is 2.24 bits per heavy atom. The Balaban J connectivity index is 2.45. The van der Waals surface area contributed by atoms with Crippen LogP contribution in [0.25, 0.3) is 0 Å². The molecular weight excluding hydrogens is 240 g/mol. The molecule has 5 heteroatoms. The van der Waals surface area contributed by atoms with E-state index in [1.54, 1.807) is 13.3 Å². The highest BCUT2D eigenvalue weighted by Crippen LogP contribution is 2.22. The van der Waals surface area contributed by atoms with E-state index in [1.807, 2.05) is 6.07 Å². The van der Waals surface area contributed by atoms with Crippen molar-refractivity contribution in [3.8, 4) is 5.88 Å². The zero-order chi connectivity index (χ0) is 12.5. The number of halogens is 1. The molecule has 0 atom stereocenters. The molecule has 0 fully saturated rings. The third-order valence-electron chi connectivity index (χ3n) is 2.17. The first-order valence-electron chi connectivity index (χ1n) is 5.74. The highest BCUT2D eigenvalue weighted by atomic mass is 35.5. The van der Waals surface area contributed by atoms with Gasteiger partial charge in [-0.2, -0.15) is 0 Å². The summed E-state index contributed by atoms with van der Waals surface area (Å²) in [6, 6.07) is 1.88. The summed E-state index contributed by atoms with van der Waals surface area (Å²) >= 11 is 6.07. The van der Waals surface area contributed by atoms with Crippen LogP contribution in [0.4, 0.5) is 0 Å². The van der Waals surface area contributed by atoms with E-state index < -0.39 is 0 Å². The molecule has 0 aliphatic heterocycles. The molecule has 0 aliphatic carbocycles. The summed E-state index contributed by atoms with van der Waals surface area (Å²) in [6.45, 7) is 4.99. The minimum absolute atomic E-state index is 0.489. The van der Waals surface area contributed by atoms with Crippen molar-refractivity contribution in [3.05, 3.63) is 22.8 Å². The molecule has 96 valence electrons. The number of hydrogen-bond acceptors (Lipinski definition) is 4. The Labute approximate surface area is 107 Å². The molecule has 0 bridgehead atoms. The lowest BCUT2D eigenvalue weighted by atomic mass is 10.3. The van der Waals surface area contributed by atoms with Crippen LogP contribution >= 0.6 is 11.6 Å². The summed E-state index contributed by atoms with van der Waals surface area (Å²) in [5, 5.41) is 3.77. The maximum atomic E-state index is 6.07. The average molecular weight is 259 g/mol. The van der Waals surface area contributed by atoms with Gasteiger partial charge in [-0.25, -0.2) is 4.98 Å². The number of hydrogen-bond donors (Lipinski definition) is 1. The van der Waals surface area contributed by atoms with Crippen LogP contribution < -0.4 is 10.1 Å². The molecule has 0 radical (unpaired) electrons. The van der Waals surface area contributed by atoms with Gasteiger partial charge in [-0.1, -0.05) is 18.5 Å². The molecule has 1 N–H and O–H groups in total. The Kier molecular flexibility index (Phi) is 6.93. The number of nitrogens with one attached hydrogen (secondary N) is 1. The summed E-state index contributed by atoms with van der Waals surface area (Å²) in [5.41, 5.74) is 1.06. The Morgan fingerprint density at radius 1 is 1.41 bits per heavy atom. The van der Waals surface area contributed by atoms with Crippen molar-refractivity contribution >= 4 is 11.6 Å². The highest BCUT2D eigenvalue weighted by molar-refractivity contribution is 6.31. The predicted molar refractivity (Wildman–Crippen MR) is 68.6 cm³/mol. The molecule has 1 heterocycles. The van der Waals surface area contributed by atoms with Crippen LogP contribution in [0.1, 0.15) is 18.9 Å². The molecule has 0 amide bonds. The van der Waals surface area contributed by atoms with E-state index in [9.17, 15) is 0 Å². The van der Waals surface area contributed by atoms with Crippen molar-refractivity contribution in [1.29, 1.82) is 0 Å². The molecule has 0 aliphatic rings. The maximum absolute atomic E-state index is 6.07. The molecule has 4 nitrogen and oxygen atoms in total. The van der Waals surface area contributed by atoms with E-state index in [-0.39, 0.29) is 0 Å². The van der Waals surface area contributed by atoms with E-state index in [0.29, 0.717) is 24.1 Å². The van der Waals surface area contributed by atoms with Crippen LogP contribution in [0.15, 0.2) is 12.3 Å². The number of rotatable bonds is 8. The maximum Gasteiger partial charge on any atom is 0.232 e. The van der Waals surface area contributed by atoms with Gasteiger partial charge in [-0.15, -0.1) is 0 Å². The second-order valence-electron chi connectivity index (χ2n) is 3.61. The largest absolute Gasteiger partial charge is 0.477 e. The second-order valence-corrected chi connectivity index (χ2v) is 4.01. The Morgan fingerprint density at radius 3 is 2.88 bits per heavy atom. The van der Waals surface area contributed by atoms with E-state index in [1.165, 1.54) is 0 Å². The van der Waals surface area contributed by atoms with Crippen LogP contribution in [-0.2, 0) is 11.3 Å².